The van der Waals surface area contributed by atoms with Gasteiger partial charge in [0, 0.05) is 49.3 Å². The second kappa shape index (κ2) is 9.66. The first-order chi connectivity index (χ1) is 12.9. The monoisotopic (exact) mass is 393 g/mol. The lowest BCUT2D eigenvalue weighted by atomic mass is 10.1. The molecular weight excluding hydrogens is 366 g/mol. The summed E-state index contributed by atoms with van der Waals surface area (Å²) in [7, 11) is 0. The third-order valence-corrected chi connectivity index (χ3v) is 5.15. The quantitative estimate of drug-likeness (QED) is 0.627. The minimum atomic E-state index is -0.911. The highest BCUT2D eigenvalue weighted by molar-refractivity contribution is 7.12. The third kappa shape index (κ3) is 5.17. The summed E-state index contributed by atoms with van der Waals surface area (Å²) in [5, 5.41) is 12.0. The number of ether oxygens (including phenoxy) is 1. The fourth-order valence-corrected chi connectivity index (χ4v) is 3.71. The molecule has 0 radical (unpaired) electrons. The number of carboxylic acid groups (broad SMARTS) is 1. The molecule has 0 aromatic carbocycles. The molecule has 2 aromatic heterocycles. The van der Waals surface area contributed by atoms with Gasteiger partial charge < -0.3 is 14.7 Å². The molecule has 1 atom stereocenters. The van der Waals surface area contributed by atoms with E-state index in [2.05, 4.69) is 4.98 Å². The molecule has 0 aliphatic heterocycles. The van der Waals surface area contributed by atoms with Crippen molar-refractivity contribution >= 4 is 23.2 Å². The maximum absolute atomic E-state index is 13.2. The molecule has 0 saturated heterocycles. The Hall–Kier alpha value is -2.19. The van der Waals surface area contributed by atoms with Gasteiger partial charge in [0.2, 0.25) is 0 Å². The number of hydrogen-bond acceptors (Lipinski definition) is 5. The zero-order valence-electron chi connectivity index (χ0n) is 16.3. The van der Waals surface area contributed by atoms with Crippen molar-refractivity contribution in [1.82, 2.24) is 14.5 Å². The molecular formula is C19H27N3O4S. The number of aromatic nitrogens is 2. The summed E-state index contributed by atoms with van der Waals surface area (Å²) < 4.78 is 7.31. The van der Waals surface area contributed by atoms with E-state index < -0.39 is 11.9 Å². The van der Waals surface area contributed by atoms with Gasteiger partial charge in [0.25, 0.3) is 5.91 Å². The fourth-order valence-electron chi connectivity index (χ4n) is 2.96. The first kappa shape index (κ1) is 21.1. The maximum atomic E-state index is 13.2. The first-order valence-corrected chi connectivity index (χ1v) is 9.93. The average Bonchev–Trinajstić information content (AvgIpc) is 3.24. The van der Waals surface area contributed by atoms with Gasteiger partial charge in [-0.05, 0) is 33.3 Å². The van der Waals surface area contributed by atoms with E-state index in [9.17, 15) is 14.7 Å². The van der Waals surface area contributed by atoms with E-state index in [0.717, 1.165) is 16.5 Å². The van der Waals surface area contributed by atoms with Gasteiger partial charge in [-0.2, -0.15) is 0 Å². The SMILES string of the molecule is CCOCCCN(CC(C)C(=O)O)C(=O)c1cc(C)n(-c2nccs2)c1C. The smallest absolute Gasteiger partial charge is 0.308 e. The molecule has 27 heavy (non-hydrogen) atoms. The second-order valence-corrected chi connectivity index (χ2v) is 7.35. The number of nitrogens with zero attached hydrogens (tertiary/aromatic N) is 3. The van der Waals surface area contributed by atoms with Crippen molar-refractivity contribution in [1.29, 1.82) is 0 Å². The Balaban J connectivity index is 2.25. The molecule has 0 bridgehead atoms. The number of carbonyl (C=O) groups is 2. The number of carbonyl (C=O) groups excluding carboxylic acids is 1. The van der Waals surface area contributed by atoms with Gasteiger partial charge in [0.15, 0.2) is 5.13 Å². The third-order valence-electron chi connectivity index (χ3n) is 4.40. The zero-order valence-corrected chi connectivity index (χ0v) is 17.1. The summed E-state index contributed by atoms with van der Waals surface area (Å²) >= 11 is 1.50. The van der Waals surface area contributed by atoms with Crippen LogP contribution in [-0.2, 0) is 9.53 Å². The van der Waals surface area contributed by atoms with Crippen LogP contribution in [0, 0.1) is 19.8 Å². The van der Waals surface area contributed by atoms with Crippen LogP contribution in [0.15, 0.2) is 17.6 Å². The Labute approximate surface area is 163 Å². The van der Waals surface area contributed by atoms with Crippen LogP contribution in [0.1, 0.15) is 42.0 Å². The van der Waals surface area contributed by atoms with E-state index in [0.29, 0.717) is 31.7 Å². The van der Waals surface area contributed by atoms with E-state index in [4.69, 9.17) is 4.74 Å². The fraction of sp³-hybridized carbons (Fsp3) is 0.526. The Morgan fingerprint density at radius 3 is 2.74 bits per heavy atom. The van der Waals surface area contributed by atoms with Crippen LogP contribution in [0.3, 0.4) is 0 Å². The molecule has 1 amide bonds. The number of thiazole rings is 1. The lowest BCUT2D eigenvalue weighted by Crippen LogP contribution is -2.38. The van der Waals surface area contributed by atoms with Crippen molar-refractivity contribution in [2.45, 2.75) is 34.1 Å². The highest BCUT2D eigenvalue weighted by Crippen LogP contribution is 2.23. The van der Waals surface area contributed by atoms with Crippen molar-refractivity contribution in [3.8, 4) is 5.13 Å². The molecule has 0 aliphatic rings. The summed E-state index contributed by atoms with van der Waals surface area (Å²) in [4.78, 5) is 30.4. The molecule has 8 heteroatoms. The number of hydrogen-bond donors (Lipinski definition) is 1. The van der Waals surface area contributed by atoms with Crippen LogP contribution in [-0.4, -0.2) is 57.7 Å². The Morgan fingerprint density at radius 2 is 2.15 bits per heavy atom. The van der Waals surface area contributed by atoms with Gasteiger partial charge in [0.05, 0.1) is 11.5 Å². The van der Waals surface area contributed by atoms with Crippen molar-refractivity contribution in [2.75, 3.05) is 26.3 Å². The Kier molecular flexibility index (Phi) is 7.55. The van der Waals surface area contributed by atoms with Crippen LogP contribution in [0.4, 0.5) is 0 Å². The van der Waals surface area contributed by atoms with Crippen LogP contribution in [0.2, 0.25) is 0 Å². The highest BCUT2D eigenvalue weighted by Gasteiger charge is 2.25. The molecule has 2 rings (SSSR count). The van der Waals surface area contributed by atoms with Gasteiger partial charge in [-0.15, -0.1) is 11.3 Å². The molecule has 148 valence electrons. The van der Waals surface area contributed by atoms with E-state index in [1.165, 1.54) is 11.3 Å². The normalized spacial score (nSPS) is 12.1. The topological polar surface area (TPSA) is 84.7 Å². The van der Waals surface area contributed by atoms with E-state index in [-0.39, 0.29) is 12.5 Å². The second-order valence-electron chi connectivity index (χ2n) is 6.48. The minimum Gasteiger partial charge on any atom is -0.481 e. The molecule has 1 unspecified atom stereocenters. The highest BCUT2D eigenvalue weighted by atomic mass is 32.1. The summed E-state index contributed by atoms with van der Waals surface area (Å²) in [5.74, 6) is -1.70. The summed E-state index contributed by atoms with van der Waals surface area (Å²) in [6.45, 7) is 9.14. The lowest BCUT2D eigenvalue weighted by Gasteiger charge is -2.24. The number of aryl methyl sites for hydroxylation is 1. The largest absolute Gasteiger partial charge is 0.481 e. The van der Waals surface area contributed by atoms with Gasteiger partial charge in [0.1, 0.15) is 0 Å². The Bertz CT molecular complexity index is 770. The van der Waals surface area contributed by atoms with Crippen molar-refractivity contribution in [3.05, 3.63) is 34.6 Å². The number of aliphatic carboxylic acids is 1. The predicted molar refractivity (Wildman–Crippen MR) is 105 cm³/mol. The van der Waals surface area contributed by atoms with Crippen molar-refractivity contribution < 1.29 is 19.4 Å². The van der Waals surface area contributed by atoms with E-state index in [1.807, 2.05) is 36.8 Å². The average molecular weight is 394 g/mol. The standard InChI is InChI=1S/C19H27N3O4S/c1-5-26-9-6-8-21(12-13(2)18(24)25)17(23)16-11-14(3)22(15(16)4)19-20-7-10-27-19/h7,10-11,13H,5-6,8-9,12H2,1-4H3,(H,24,25). The molecule has 0 spiro atoms. The maximum Gasteiger partial charge on any atom is 0.308 e. The van der Waals surface area contributed by atoms with Gasteiger partial charge in [-0.3, -0.25) is 14.2 Å². The van der Waals surface area contributed by atoms with E-state index >= 15 is 0 Å². The molecule has 0 saturated carbocycles. The van der Waals surface area contributed by atoms with Gasteiger partial charge >= 0.3 is 5.97 Å². The molecule has 1 N–H and O–H groups in total. The predicted octanol–water partition coefficient (Wildman–Crippen LogP) is 3.14. The molecule has 0 aliphatic carbocycles. The van der Waals surface area contributed by atoms with Gasteiger partial charge in [-0.25, -0.2) is 4.98 Å². The van der Waals surface area contributed by atoms with Crippen LogP contribution < -0.4 is 0 Å². The van der Waals surface area contributed by atoms with Crippen molar-refractivity contribution in [2.24, 2.45) is 5.92 Å². The van der Waals surface area contributed by atoms with Gasteiger partial charge in [-0.1, -0.05) is 6.92 Å². The van der Waals surface area contributed by atoms with Crippen LogP contribution in [0.25, 0.3) is 5.13 Å². The number of carboxylic acids is 1. The lowest BCUT2D eigenvalue weighted by molar-refractivity contribution is -0.141. The molecule has 2 aromatic rings. The van der Waals surface area contributed by atoms with Crippen LogP contribution >= 0.6 is 11.3 Å². The Morgan fingerprint density at radius 1 is 1.41 bits per heavy atom. The van der Waals surface area contributed by atoms with Crippen LogP contribution in [0.5, 0.6) is 0 Å². The zero-order chi connectivity index (χ0) is 20.0. The summed E-state index contributed by atoms with van der Waals surface area (Å²) in [6.07, 6.45) is 2.39. The van der Waals surface area contributed by atoms with E-state index in [1.54, 1.807) is 18.0 Å². The molecule has 7 nitrogen and oxygen atoms in total. The number of amides is 1. The summed E-state index contributed by atoms with van der Waals surface area (Å²) in [6, 6.07) is 1.85. The van der Waals surface area contributed by atoms with Crippen molar-refractivity contribution in [3.63, 3.8) is 0 Å². The first-order valence-electron chi connectivity index (χ1n) is 9.05. The number of rotatable bonds is 10. The summed E-state index contributed by atoms with van der Waals surface area (Å²) in [5.41, 5.74) is 2.31. The minimum absolute atomic E-state index is 0.157. The molecule has 0 fully saturated rings. The molecule has 2 heterocycles.